The van der Waals surface area contributed by atoms with Gasteiger partial charge in [-0.15, -0.1) is 0 Å². The number of Topliss-reactive ketones (excluding diaryl/α,β-unsaturated/α-hetero) is 1. The van der Waals surface area contributed by atoms with E-state index in [1.165, 1.54) is 13.2 Å². The number of hydrogen-bond donors (Lipinski definition) is 2. The van der Waals surface area contributed by atoms with Crippen LogP contribution in [0.5, 0.6) is 0 Å². The van der Waals surface area contributed by atoms with E-state index in [2.05, 4.69) is 4.98 Å². The molecule has 0 fully saturated rings. The SMILES string of the molecule is COC(=O)c1c(C)[nH]c(C(=O)C[NH+](C)Cc2c(F)cccc2Cl)c1C. The van der Waals surface area contributed by atoms with E-state index in [0.29, 0.717) is 33.1 Å². The molecule has 25 heavy (non-hydrogen) atoms. The van der Waals surface area contributed by atoms with Crippen LogP contribution in [0, 0.1) is 19.7 Å². The number of aromatic amines is 1. The van der Waals surface area contributed by atoms with Crippen molar-refractivity contribution >= 4 is 23.4 Å². The first-order valence-electron chi connectivity index (χ1n) is 7.81. The second-order valence-corrected chi connectivity index (χ2v) is 6.46. The average Bonchev–Trinajstić information content (AvgIpc) is 2.85. The van der Waals surface area contributed by atoms with Gasteiger partial charge in [0.1, 0.15) is 18.9 Å². The van der Waals surface area contributed by atoms with Gasteiger partial charge in [-0.2, -0.15) is 0 Å². The first-order valence-corrected chi connectivity index (χ1v) is 8.18. The van der Waals surface area contributed by atoms with Crippen LogP contribution in [0.25, 0.3) is 0 Å². The number of ketones is 1. The van der Waals surface area contributed by atoms with Crippen molar-refractivity contribution in [2.75, 3.05) is 20.7 Å². The molecular weight excluding hydrogens is 347 g/mol. The highest BCUT2D eigenvalue weighted by atomic mass is 35.5. The number of carbonyl (C=O) groups excluding carboxylic acids is 2. The number of hydrogen-bond acceptors (Lipinski definition) is 3. The van der Waals surface area contributed by atoms with Gasteiger partial charge in [0, 0.05) is 5.69 Å². The fourth-order valence-corrected chi connectivity index (χ4v) is 3.09. The lowest BCUT2D eigenvalue weighted by atomic mass is 10.1. The molecule has 1 heterocycles. The number of aromatic nitrogens is 1. The van der Waals surface area contributed by atoms with Crippen molar-refractivity contribution in [3.05, 3.63) is 57.1 Å². The number of H-pyrrole nitrogens is 1. The van der Waals surface area contributed by atoms with Crippen molar-refractivity contribution in [1.82, 2.24) is 4.98 Å². The summed E-state index contributed by atoms with van der Waals surface area (Å²) in [7, 11) is 3.08. The third-order valence-electron chi connectivity index (χ3n) is 4.11. The largest absolute Gasteiger partial charge is 0.465 e. The molecule has 1 unspecified atom stereocenters. The van der Waals surface area contributed by atoms with E-state index in [-0.39, 0.29) is 24.7 Å². The Hall–Kier alpha value is -2.18. The Kier molecular flexibility index (Phi) is 5.98. The second-order valence-electron chi connectivity index (χ2n) is 6.05. The normalized spacial score (nSPS) is 12.1. The minimum Gasteiger partial charge on any atom is -0.465 e. The van der Waals surface area contributed by atoms with E-state index in [4.69, 9.17) is 16.3 Å². The van der Waals surface area contributed by atoms with Gasteiger partial charge in [0.05, 0.1) is 36.0 Å². The number of carbonyl (C=O) groups is 2. The van der Waals surface area contributed by atoms with Crippen molar-refractivity contribution < 1.29 is 23.6 Å². The number of quaternary nitrogens is 1. The Morgan fingerprint density at radius 1 is 1.32 bits per heavy atom. The molecule has 0 aliphatic carbocycles. The predicted molar refractivity (Wildman–Crippen MR) is 92.8 cm³/mol. The first kappa shape index (κ1) is 19.1. The zero-order valence-corrected chi connectivity index (χ0v) is 15.4. The van der Waals surface area contributed by atoms with Crippen LogP contribution in [-0.4, -0.2) is 37.4 Å². The average molecular weight is 368 g/mol. The second kappa shape index (κ2) is 7.80. The quantitative estimate of drug-likeness (QED) is 0.607. The summed E-state index contributed by atoms with van der Waals surface area (Å²) in [5.74, 6) is -1.04. The number of esters is 1. The molecule has 0 aliphatic heterocycles. The molecular formula is C18H21ClFN2O3+. The summed E-state index contributed by atoms with van der Waals surface area (Å²) in [5, 5.41) is 0.340. The molecule has 0 spiro atoms. The van der Waals surface area contributed by atoms with Gasteiger partial charge in [0.15, 0.2) is 0 Å². The zero-order chi connectivity index (χ0) is 18.7. The van der Waals surface area contributed by atoms with E-state index in [0.717, 1.165) is 4.90 Å². The van der Waals surface area contributed by atoms with Crippen LogP contribution in [0.4, 0.5) is 4.39 Å². The molecule has 2 N–H and O–H groups in total. The molecule has 0 saturated heterocycles. The Morgan fingerprint density at radius 3 is 2.60 bits per heavy atom. The zero-order valence-electron chi connectivity index (χ0n) is 14.6. The summed E-state index contributed by atoms with van der Waals surface area (Å²) in [6, 6.07) is 4.51. The van der Waals surface area contributed by atoms with Crippen LogP contribution in [0.2, 0.25) is 5.02 Å². The van der Waals surface area contributed by atoms with Crippen molar-refractivity contribution in [2.45, 2.75) is 20.4 Å². The molecule has 7 heteroatoms. The number of halogens is 2. The molecule has 134 valence electrons. The maximum Gasteiger partial charge on any atom is 0.339 e. The molecule has 0 aliphatic rings. The van der Waals surface area contributed by atoms with Crippen LogP contribution in [0.1, 0.15) is 37.7 Å². The Labute approximate surface area is 150 Å². The van der Waals surface area contributed by atoms with Crippen molar-refractivity contribution in [1.29, 1.82) is 0 Å². The summed E-state index contributed by atoms with van der Waals surface area (Å²) in [5.41, 5.74) is 2.27. The number of benzene rings is 1. The molecule has 0 bridgehead atoms. The summed E-state index contributed by atoms with van der Waals surface area (Å²) in [6.07, 6.45) is 0. The molecule has 1 atom stereocenters. The van der Waals surface area contributed by atoms with Gasteiger partial charge < -0.3 is 14.6 Å². The standard InChI is InChI=1S/C18H20ClFN2O3/c1-10-16(18(24)25-4)11(2)21-17(10)15(23)9-22(3)8-12-13(19)6-5-7-14(12)20/h5-7,21H,8-9H2,1-4H3/p+1. The Morgan fingerprint density at radius 2 is 2.00 bits per heavy atom. The molecule has 0 amide bonds. The third kappa shape index (κ3) is 4.08. The van der Waals surface area contributed by atoms with Crippen LogP contribution in [0.3, 0.4) is 0 Å². The predicted octanol–water partition coefficient (Wildman–Crippen LogP) is 2.11. The molecule has 2 rings (SSSR count). The highest BCUT2D eigenvalue weighted by Gasteiger charge is 2.24. The van der Waals surface area contributed by atoms with E-state index < -0.39 is 5.97 Å². The molecule has 1 aromatic heterocycles. The number of likely N-dealkylation sites (N-methyl/N-ethyl adjacent to an activating group) is 1. The van der Waals surface area contributed by atoms with E-state index >= 15 is 0 Å². The maximum absolute atomic E-state index is 13.9. The van der Waals surface area contributed by atoms with E-state index in [9.17, 15) is 14.0 Å². The highest BCUT2D eigenvalue weighted by molar-refractivity contribution is 6.31. The molecule has 0 radical (unpaired) electrons. The summed E-state index contributed by atoms with van der Waals surface area (Å²) >= 11 is 6.03. The minimum absolute atomic E-state index is 0.131. The van der Waals surface area contributed by atoms with Gasteiger partial charge >= 0.3 is 5.97 Å². The van der Waals surface area contributed by atoms with Crippen LogP contribution in [0.15, 0.2) is 18.2 Å². The lowest BCUT2D eigenvalue weighted by molar-refractivity contribution is -0.885. The Bertz CT molecular complexity index is 797. The van der Waals surface area contributed by atoms with Gasteiger partial charge in [-0.1, -0.05) is 17.7 Å². The molecule has 0 saturated carbocycles. The number of methoxy groups -OCH3 is 1. The lowest BCUT2D eigenvalue weighted by Gasteiger charge is -2.14. The highest BCUT2D eigenvalue weighted by Crippen LogP contribution is 2.19. The fourth-order valence-electron chi connectivity index (χ4n) is 2.87. The number of rotatable bonds is 6. The number of nitrogens with one attached hydrogen (secondary N) is 2. The van der Waals surface area contributed by atoms with E-state index in [1.807, 2.05) is 0 Å². The lowest BCUT2D eigenvalue weighted by Crippen LogP contribution is -3.08. The maximum atomic E-state index is 13.9. The third-order valence-corrected chi connectivity index (χ3v) is 4.46. The van der Waals surface area contributed by atoms with Crippen LogP contribution >= 0.6 is 11.6 Å². The summed E-state index contributed by atoms with van der Waals surface area (Å²) < 4.78 is 18.6. The number of aryl methyl sites for hydroxylation is 1. The molecule has 1 aromatic carbocycles. The van der Waals surface area contributed by atoms with Crippen molar-refractivity contribution in [3.8, 4) is 0 Å². The topological polar surface area (TPSA) is 63.6 Å². The number of ether oxygens (including phenoxy) is 1. The van der Waals surface area contributed by atoms with Crippen LogP contribution in [-0.2, 0) is 11.3 Å². The smallest absolute Gasteiger partial charge is 0.339 e. The molecule has 2 aromatic rings. The minimum atomic E-state index is -0.482. The van der Waals surface area contributed by atoms with Gasteiger partial charge in [0.25, 0.3) is 0 Å². The van der Waals surface area contributed by atoms with Crippen molar-refractivity contribution in [3.63, 3.8) is 0 Å². The Balaban J connectivity index is 2.16. The summed E-state index contributed by atoms with van der Waals surface area (Å²) in [6.45, 7) is 3.82. The summed E-state index contributed by atoms with van der Waals surface area (Å²) in [4.78, 5) is 28.1. The van der Waals surface area contributed by atoms with Crippen molar-refractivity contribution in [2.24, 2.45) is 0 Å². The fraction of sp³-hybridized carbons (Fsp3) is 0.333. The van der Waals surface area contributed by atoms with Crippen LogP contribution < -0.4 is 4.90 Å². The van der Waals surface area contributed by atoms with Gasteiger partial charge in [-0.3, -0.25) is 4.79 Å². The molecule has 5 nitrogen and oxygen atoms in total. The van der Waals surface area contributed by atoms with Gasteiger partial charge in [-0.05, 0) is 31.5 Å². The first-order chi connectivity index (χ1) is 11.8. The van der Waals surface area contributed by atoms with Gasteiger partial charge in [-0.25, -0.2) is 9.18 Å². The van der Waals surface area contributed by atoms with Gasteiger partial charge in [0.2, 0.25) is 5.78 Å². The monoisotopic (exact) mass is 367 g/mol. The van der Waals surface area contributed by atoms with E-state index in [1.54, 1.807) is 33.0 Å².